The van der Waals surface area contributed by atoms with Gasteiger partial charge in [0.25, 0.3) is 5.91 Å². The molecule has 1 aliphatic heterocycles. The molecule has 126 valence electrons. The van der Waals surface area contributed by atoms with Crippen LogP contribution in [0.1, 0.15) is 41.6 Å². The van der Waals surface area contributed by atoms with Crippen molar-refractivity contribution in [2.75, 3.05) is 0 Å². The summed E-state index contributed by atoms with van der Waals surface area (Å²) in [6, 6.07) is 3.61. The van der Waals surface area contributed by atoms with Crippen molar-refractivity contribution in [2.24, 2.45) is 11.8 Å². The van der Waals surface area contributed by atoms with Crippen molar-refractivity contribution < 1.29 is 28.6 Å². The number of fused-ring (bicyclic) bond motifs is 1. The zero-order valence-electron chi connectivity index (χ0n) is 12.7. The largest absolute Gasteiger partial charge is 0.503 e. The summed E-state index contributed by atoms with van der Waals surface area (Å²) in [5.74, 6) is -2.49. The van der Waals surface area contributed by atoms with Crippen LogP contribution in [-0.2, 0) is 11.3 Å². The fourth-order valence-electron chi connectivity index (χ4n) is 3.13. The maximum Gasteiger partial charge on any atom is 0.306 e. The van der Waals surface area contributed by atoms with Gasteiger partial charge in [-0.15, -0.1) is 0 Å². The molecular formula is C17H15F2NO4. The van der Waals surface area contributed by atoms with E-state index in [-0.39, 0.29) is 29.5 Å². The minimum Gasteiger partial charge on any atom is -0.503 e. The van der Waals surface area contributed by atoms with Gasteiger partial charge < -0.3 is 10.2 Å². The standard InChI is InChI=1S/C17H15F2NO4/c18-12-7-11-8-20(16(22)13(11)14(19)15(12)21)6-5-9-1-3-10(4-2-9)17(23)24/h7,9-10,21H,1-4,8H2,(H,23,24). The number of halogens is 2. The lowest BCUT2D eigenvalue weighted by molar-refractivity contribution is -0.142. The molecule has 1 aliphatic carbocycles. The summed E-state index contributed by atoms with van der Waals surface area (Å²) in [6.07, 6.45) is 2.33. The highest BCUT2D eigenvalue weighted by Crippen LogP contribution is 2.33. The number of carboxylic acids is 1. The lowest BCUT2D eigenvalue weighted by Gasteiger charge is -2.22. The average molecular weight is 335 g/mol. The summed E-state index contributed by atoms with van der Waals surface area (Å²) in [4.78, 5) is 24.2. The van der Waals surface area contributed by atoms with Gasteiger partial charge in [0.05, 0.1) is 18.0 Å². The molecule has 3 rings (SSSR count). The van der Waals surface area contributed by atoms with Crippen LogP contribution < -0.4 is 0 Å². The van der Waals surface area contributed by atoms with Gasteiger partial charge in [-0.3, -0.25) is 14.5 Å². The zero-order valence-corrected chi connectivity index (χ0v) is 12.7. The van der Waals surface area contributed by atoms with Crippen LogP contribution in [0.4, 0.5) is 8.78 Å². The summed E-state index contributed by atoms with van der Waals surface area (Å²) in [6.45, 7) is -0.0419. The van der Waals surface area contributed by atoms with Crippen molar-refractivity contribution in [3.8, 4) is 17.7 Å². The third-order valence-electron chi connectivity index (χ3n) is 4.54. The number of phenols is 1. The Balaban J connectivity index is 1.72. The number of carbonyl (C=O) groups excluding carboxylic acids is 1. The molecule has 0 bridgehead atoms. The third kappa shape index (κ3) is 2.80. The number of amides is 1. The predicted molar refractivity (Wildman–Crippen MR) is 78.8 cm³/mol. The molecule has 0 unspecified atom stereocenters. The number of hydrogen-bond donors (Lipinski definition) is 2. The second-order valence-electron chi connectivity index (χ2n) is 6.09. The van der Waals surface area contributed by atoms with Gasteiger partial charge in [0.2, 0.25) is 0 Å². The van der Waals surface area contributed by atoms with Crippen molar-refractivity contribution in [3.05, 3.63) is 28.8 Å². The van der Waals surface area contributed by atoms with E-state index >= 15 is 0 Å². The molecule has 1 fully saturated rings. The first kappa shape index (κ1) is 16.2. The van der Waals surface area contributed by atoms with E-state index in [9.17, 15) is 23.5 Å². The molecule has 0 radical (unpaired) electrons. The Labute approximate surface area is 136 Å². The lowest BCUT2D eigenvalue weighted by Crippen LogP contribution is -2.22. The minimum absolute atomic E-state index is 0.0212. The maximum absolute atomic E-state index is 13.9. The SMILES string of the molecule is O=C(O)C1CCC(C#CN2Cc3cc(F)c(O)c(F)c3C2=O)CC1. The van der Waals surface area contributed by atoms with Crippen molar-refractivity contribution in [1.29, 1.82) is 0 Å². The molecule has 1 heterocycles. The van der Waals surface area contributed by atoms with Crippen molar-refractivity contribution in [3.63, 3.8) is 0 Å². The number of nitrogens with zero attached hydrogens (tertiary/aromatic N) is 1. The van der Waals surface area contributed by atoms with Crippen LogP contribution >= 0.6 is 0 Å². The average Bonchev–Trinajstić information content (AvgIpc) is 2.87. The second kappa shape index (κ2) is 6.11. The topological polar surface area (TPSA) is 77.8 Å². The summed E-state index contributed by atoms with van der Waals surface area (Å²) in [5, 5.41) is 18.2. The molecule has 2 N–H and O–H groups in total. The molecular weight excluding hydrogens is 320 g/mol. The van der Waals surface area contributed by atoms with Gasteiger partial charge in [-0.25, -0.2) is 8.78 Å². The Kier molecular flexibility index (Phi) is 4.14. The van der Waals surface area contributed by atoms with Crippen LogP contribution in [0, 0.1) is 35.4 Å². The monoisotopic (exact) mass is 335 g/mol. The van der Waals surface area contributed by atoms with Gasteiger partial charge in [0, 0.05) is 12.0 Å². The van der Waals surface area contributed by atoms with Gasteiger partial charge in [0.1, 0.15) is 0 Å². The highest BCUT2D eigenvalue weighted by atomic mass is 19.1. The fraction of sp³-hybridized carbons (Fsp3) is 0.412. The van der Waals surface area contributed by atoms with Crippen LogP contribution in [0.25, 0.3) is 0 Å². The molecule has 0 aromatic heterocycles. The molecule has 1 aromatic rings. The van der Waals surface area contributed by atoms with E-state index in [4.69, 9.17) is 5.11 Å². The van der Waals surface area contributed by atoms with Gasteiger partial charge in [-0.2, -0.15) is 0 Å². The molecule has 0 saturated heterocycles. The van der Waals surface area contributed by atoms with Crippen LogP contribution in [0.3, 0.4) is 0 Å². The van der Waals surface area contributed by atoms with Gasteiger partial charge in [-0.05, 0) is 37.3 Å². The van der Waals surface area contributed by atoms with Gasteiger partial charge >= 0.3 is 5.97 Å². The van der Waals surface area contributed by atoms with Crippen molar-refractivity contribution in [2.45, 2.75) is 32.2 Å². The van der Waals surface area contributed by atoms with Crippen molar-refractivity contribution >= 4 is 11.9 Å². The van der Waals surface area contributed by atoms with E-state index in [2.05, 4.69) is 12.0 Å². The van der Waals surface area contributed by atoms with E-state index in [1.807, 2.05) is 0 Å². The zero-order chi connectivity index (χ0) is 17.4. The number of benzene rings is 1. The number of carboxylic acid groups (broad SMARTS) is 1. The Hall–Kier alpha value is -2.62. The number of hydrogen-bond acceptors (Lipinski definition) is 3. The molecule has 5 nitrogen and oxygen atoms in total. The molecule has 2 aliphatic rings. The molecule has 1 saturated carbocycles. The van der Waals surface area contributed by atoms with E-state index < -0.39 is 29.3 Å². The van der Waals surface area contributed by atoms with Gasteiger partial charge in [-0.1, -0.05) is 5.92 Å². The number of rotatable bonds is 1. The number of aliphatic carboxylic acids is 1. The normalized spacial score (nSPS) is 22.8. The Morgan fingerprint density at radius 1 is 1.25 bits per heavy atom. The number of phenolic OH excluding ortho intramolecular Hbond substituents is 1. The summed E-state index contributed by atoms with van der Waals surface area (Å²) in [7, 11) is 0. The molecule has 1 amide bonds. The van der Waals surface area contributed by atoms with Gasteiger partial charge in [0.15, 0.2) is 17.4 Å². The second-order valence-corrected chi connectivity index (χ2v) is 6.09. The maximum atomic E-state index is 13.9. The first-order valence-corrected chi connectivity index (χ1v) is 7.64. The lowest BCUT2D eigenvalue weighted by atomic mass is 9.82. The minimum atomic E-state index is -1.26. The summed E-state index contributed by atoms with van der Waals surface area (Å²) in [5.41, 5.74) is -0.200. The third-order valence-corrected chi connectivity index (χ3v) is 4.54. The highest BCUT2D eigenvalue weighted by Gasteiger charge is 2.33. The Morgan fingerprint density at radius 3 is 2.54 bits per heavy atom. The summed E-state index contributed by atoms with van der Waals surface area (Å²) >= 11 is 0. The summed E-state index contributed by atoms with van der Waals surface area (Å²) < 4.78 is 27.2. The number of aromatic hydroxyl groups is 1. The smallest absolute Gasteiger partial charge is 0.306 e. The number of carbonyl (C=O) groups is 2. The molecule has 0 spiro atoms. The molecule has 7 heteroatoms. The first-order chi connectivity index (χ1) is 11.4. The van der Waals surface area contributed by atoms with Crippen LogP contribution in [-0.4, -0.2) is 27.0 Å². The Morgan fingerprint density at radius 2 is 1.92 bits per heavy atom. The van der Waals surface area contributed by atoms with E-state index in [1.54, 1.807) is 0 Å². The molecule has 0 atom stereocenters. The molecule has 1 aromatic carbocycles. The van der Waals surface area contributed by atoms with E-state index in [0.29, 0.717) is 25.7 Å². The molecule has 24 heavy (non-hydrogen) atoms. The highest BCUT2D eigenvalue weighted by molar-refractivity contribution is 6.00. The quantitative estimate of drug-likeness (QED) is 0.773. The van der Waals surface area contributed by atoms with Crippen LogP contribution in [0.15, 0.2) is 6.07 Å². The van der Waals surface area contributed by atoms with E-state index in [1.165, 1.54) is 0 Å². The first-order valence-electron chi connectivity index (χ1n) is 7.64. The van der Waals surface area contributed by atoms with Crippen molar-refractivity contribution in [1.82, 2.24) is 4.90 Å². The van der Waals surface area contributed by atoms with Crippen LogP contribution in [0.2, 0.25) is 0 Å². The fourth-order valence-corrected chi connectivity index (χ4v) is 3.13. The Bertz CT molecular complexity index is 773. The van der Waals surface area contributed by atoms with E-state index in [0.717, 1.165) is 11.0 Å². The van der Waals surface area contributed by atoms with Crippen LogP contribution in [0.5, 0.6) is 5.75 Å². The predicted octanol–water partition coefficient (Wildman–Crippen LogP) is 2.48.